The molecule has 0 aliphatic carbocycles. The minimum absolute atomic E-state index is 0.112. The van der Waals surface area contributed by atoms with Crippen LogP contribution in [0.1, 0.15) is 38.1 Å². The number of aryl methyl sites for hydroxylation is 1. The van der Waals surface area contributed by atoms with E-state index < -0.39 is 6.10 Å². The number of hydrogen-bond acceptors (Lipinski definition) is 6. The van der Waals surface area contributed by atoms with E-state index in [0.29, 0.717) is 28.7 Å². The highest BCUT2D eigenvalue weighted by molar-refractivity contribution is 7.98. The zero-order chi connectivity index (χ0) is 24.2. The molecule has 0 spiro atoms. The number of nitrogens with one attached hydrogen (secondary N) is 1. The molecule has 0 unspecified atom stereocenters. The monoisotopic (exact) mass is 477 g/mol. The summed E-state index contributed by atoms with van der Waals surface area (Å²) in [5.41, 5.74) is 2.28. The van der Waals surface area contributed by atoms with Crippen LogP contribution >= 0.6 is 11.8 Å². The summed E-state index contributed by atoms with van der Waals surface area (Å²) >= 11 is 1.56. The van der Waals surface area contributed by atoms with E-state index in [0.717, 1.165) is 10.5 Å². The standard InChI is InChI=1S/C25H27N5O3S/c1-16(2)29-15-26-25-28-20(13-23(31)30(25)29)14-34-22-10-8-19(9-11-22)27-24(32)18(4)33-21-7-5-6-17(3)12-21/h5-13,15-16,18H,14H2,1-4H3,(H,27,32)/t18-/m0/s1. The number of benzene rings is 2. The molecule has 1 N–H and O–H groups in total. The Morgan fingerprint density at radius 1 is 1.12 bits per heavy atom. The van der Waals surface area contributed by atoms with Crippen LogP contribution in [-0.4, -0.2) is 31.2 Å². The summed E-state index contributed by atoms with van der Waals surface area (Å²) in [5, 5.41) is 2.88. The highest BCUT2D eigenvalue weighted by Crippen LogP contribution is 2.24. The van der Waals surface area contributed by atoms with Crippen LogP contribution in [0, 0.1) is 6.92 Å². The summed E-state index contributed by atoms with van der Waals surface area (Å²) in [5.74, 6) is 1.38. The Balaban J connectivity index is 1.35. The average Bonchev–Trinajstić information content (AvgIpc) is 3.24. The molecule has 0 bridgehead atoms. The molecule has 8 nitrogen and oxygen atoms in total. The highest BCUT2D eigenvalue weighted by atomic mass is 32.2. The van der Waals surface area contributed by atoms with E-state index in [-0.39, 0.29) is 17.5 Å². The van der Waals surface area contributed by atoms with Crippen molar-refractivity contribution in [3.63, 3.8) is 0 Å². The minimum Gasteiger partial charge on any atom is -0.481 e. The molecule has 1 atom stereocenters. The lowest BCUT2D eigenvalue weighted by Crippen LogP contribution is -2.30. The van der Waals surface area contributed by atoms with Crippen molar-refractivity contribution in [2.24, 2.45) is 0 Å². The molecule has 4 aromatic rings. The average molecular weight is 478 g/mol. The van der Waals surface area contributed by atoms with Crippen molar-refractivity contribution in [1.82, 2.24) is 19.2 Å². The Bertz CT molecular complexity index is 1360. The maximum Gasteiger partial charge on any atom is 0.274 e. The number of hydrogen-bond donors (Lipinski definition) is 1. The Hall–Kier alpha value is -3.59. The molecule has 0 radical (unpaired) electrons. The molecule has 0 fully saturated rings. The van der Waals surface area contributed by atoms with Gasteiger partial charge in [-0.25, -0.2) is 4.98 Å². The summed E-state index contributed by atoms with van der Waals surface area (Å²) < 4.78 is 8.99. The smallest absolute Gasteiger partial charge is 0.274 e. The third-order valence-electron chi connectivity index (χ3n) is 5.16. The largest absolute Gasteiger partial charge is 0.481 e. The lowest BCUT2D eigenvalue weighted by atomic mass is 10.2. The summed E-state index contributed by atoms with van der Waals surface area (Å²) in [7, 11) is 0. The van der Waals surface area contributed by atoms with E-state index in [1.54, 1.807) is 35.8 Å². The molecule has 2 aromatic heterocycles. The topological polar surface area (TPSA) is 90.5 Å². The van der Waals surface area contributed by atoms with E-state index in [1.807, 2.05) is 69.3 Å². The van der Waals surface area contributed by atoms with Crippen LogP contribution in [0.4, 0.5) is 5.69 Å². The first-order valence-electron chi connectivity index (χ1n) is 11.0. The van der Waals surface area contributed by atoms with Crippen LogP contribution in [0.25, 0.3) is 5.78 Å². The van der Waals surface area contributed by atoms with E-state index >= 15 is 0 Å². The maximum absolute atomic E-state index is 12.5. The minimum atomic E-state index is -0.629. The number of carbonyl (C=O) groups is 1. The van der Waals surface area contributed by atoms with Gasteiger partial charge in [0.05, 0.1) is 5.69 Å². The van der Waals surface area contributed by atoms with Gasteiger partial charge in [-0.15, -0.1) is 11.8 Å². The van der Waals surface area contributed by atoms with Gasteiger partial charge < -0.3 is 10.1 Å². The van der Waals surface area contributed by atoms with Crippen molar-refractivity contribution in [1.29, 1.82) is 0 Å². The van der Waals surface area contributed by atoms with E-state index in [9.17, 15) is 9.59 Å². The van der Waals surface area contributed by atoms with Crippen molar-refractivity contribution in [2.45, 2.75) is 50.5 Å². The fraction of sp³-hybridized carbons (Fsp3) is 0.280. The van der Waals surface area contributed by atoms with Gasteiger partial charge in [0, 0.05) is 28.4 Å². The third-order valence-corrected chi connectivity index (χ3v) is 6.21. The van der Waals surface area contributed by atoms with Crippen molar-refractivity contribution in [3.05, 3.63) is 82.5 Å². The summed E-state index contributed by atoms with van der Waals surface area (Å²) in [6, 6.07) is 16.8. The molecule has 2 heterocycles. The Labute approximate surface area is 202 Å². The highest BCUT2D eigenvalue weighted by Gasteiger charge is 2.15. The van der Waals surface area contributed by atoms with Crippen molar-refractivity contribution >= 4 is 29.1 Å². The maximum atomic E-state index is 12.5. The van der Waals surface area contributed by atoms with Gasteiger partial charge in [-0.05, 0) is 69.7 Å². The fourth-order valence-electron chi connectivity index (χ4n) is 3.39. The van der Waals surface area contributed by atoms with Crippen molar-refractivity contribution in [2.75, 3.05) is 5.32 Å². The summed E-state index contributed by atoms with van der Waals surface area (Å²) in [6.45, 7) is 7.67. The van der Waals surface area contributed by atoms with Gasteiger partial charge in [0.25, 0.3) is 17.2 Å². The number of thioether (sulfide) groups is 1. The third kappa shape index (κ3) is 5.48. The van der Waals surface area contributed by atoms with Gasteiger partial charge >= 0.3 is 0 Å². The summed E-state index contributed by atoms with van der Waals surface area (Å²) in [4.78, 5) is 34.8. The van der Waals surface area contributed by atoms with Gasteiger partial charge in [0.15, 0.2) is 6.10 Å². The molecule has 176 valence electrons. The van der Waals surface area contributed by atoms with Gasteiger partial charge in [-0.2, -0.15) is 9.50 Å². The Morgan fingerprint density at radius 3 is 2.59 bits per heavy atom. The first-order chi connectivity index (χ1) is 16.3. The molecule has 0 aliphatic rings. The molecule has 0 saturated heterocycles. The first kappa shape index (κ1) is 23.6. The molecule has 0 aliphatic heterocycles. The van der Waals surface area contributed by atoms with Gasteiger partial charge in [0.1, 0.15) is 12.1 Å². The molecular weight excluding hydrogens is 450 g/mol. The number of amides is 1. The normalized spacial score (nSPS) is 12.1. The first-order valence-corrected chi connectivity index (χ1v) is 12.0. The Morgan fingerprint density at radius 2 is 1.88 bits per heavy atom. The number of ether oxygens (including phenoxy) is 1. The zero-order valence-electron chi connectivity index (χ0n) is 19.6. The lowest BCUT2D eigenvalue weighted by Gasteiger charge is -2.15. The van der Waals surface area contributed by atoms with E-state index in [4.69, 9.17) is 4.74 Å². The Kier molecular flexibility index (Phi) is 7.02. The number of nitrogens with zero attached hydrogens (tertiary/aromatic N) is 4. The van der Waals surface area contributed by atoms with Crippen LogP contribution in [0.5, 0.6) is 5.75 Å². The fourth-order valence-corrected chi connectivity index (χ4v) is 4.18. The molecule has 34 heavy (non-hydrogen) atoms. The second kappa shape index (κ2) is 10.1. The van der Waals surface area contributed by atoms with Crippen LogP contribution < -0.4 is 15.6 Å². The second-order valence-corrected chi connectivity index (χ2v) is 9.34. The van der Waals surface area contributed by atoms with Crippen LogP contribution in [-0.2, 0) is 10.5 Å². The van der Waals surface area contributed by atoms with Crippen LogP contribution in [0.15, 0.2) is 70.6 Å². The van der Waals surface area contributed by atoms with Crippen LogP contribution in [0.3, 0.4) is 0 Å². The van der Waals surface area contributed by atoms with Gasteiger partial charge in [-0.3, -0.25) is 14.3 Å². The lowest BCUT2D eigenvalue weighted by molar-refractivity contribution is -0.122. The number of anilines is 1. The van der Waals surface area contributed by atoms with Gasteiger partial charge in [0.2, 0.25) is 0 Å². The predicted molar refractivity (Wildman–Crippen MR) is 134 cm³/mol. The zero-order valence-corrected chi connectivity index (χ0v) is 20.4. The predicted octanol–water partition coefficient (Wildman–Crippen LogP) is 4.48. The molecule has 0 saturated carbocycles. The number of fused-ring (bicyclic) bond motifs is 1. The molecular formula is C25H27N5O3S. The molecule has 2 aromatic carbocycles. The number of carbonyl (C=O) groups excluding carboxylic acids is 1. The molecule has 1 amide bonds. The van der Waals surface area contributed by atoms with Crippen LogP contribution in [0.2, 0.25) is 0 Å². The quantitative estimate of drug-likeness (QED) is 0.376. The molecule has 4 rings (SSSR count). The van der Waals surface area contributed by atoms with E-state index in [1.165, 1.54) is 4.52 Å². The van der Waals surface area contributed by atoms with E-state index in [2.05, 4.69) is 15.3 Å². The summed E-state index contributed by atoms with van der Waals surface area (Å²) in [6.07, 6.45) is 1.00. The second-order valence-electron chi connectivity index (χ2n) is 8.29. The van der Waals surface area contributed by atoms with Gasteiger partial charge in [-0.1, -0.05) is 12.1 Å². The number of aromatic nitrogens is 4. The number of rotatable bonds is 8. The van der Waals surface area contributed by atoms with Crippen molar-refractivity contribution in [3.8, 4) is 5.75 Å². The molecule has 9 heteroatoms. The SMILES string of the molecule is Cc1cccc(O[C@@H](C)C(=O)Nc2ccc(SCc3cc(=O)n4c(ncn4C(C)C)n3)cc2)c1. The van der Waals surface area contributed by atoms with Crippen molar-refractivity contribution < 1.29 is 9.53 Å².